The van der Waals surface area contributed by atoms with E-state index in [9.17, 15) is 4.79 Å². The Labute approximate surface area is 141 Å². The Hall–Kier alpha value is -1.57. The third-order valence-electron chi connectivity index (χ3n) is 4.09. The number of carbonyl (C=O) groups excluding carboxylic acids is 1. The van der Waals surface area contributed by atoms with Gasteiger partial charge in [-0.15, -0.1) is 0 Å². The van der Waals surface area contributed by atoms with Crippen LogP contribution in [0.4, 0.5) is 0 Å². The summed E-state index contributed by atoms with van der Waals surface area (Å²) in [5.41, 5.74) is 1.53. The number of esters is 1. The number of carbonyl (C=O) groups is 1. The molecule has 0 bridgehead atoms. The topological polar surface area (TPSA) is 26.3 Å². The fourth-order valence-electron chi connectivity index (χ4n) is 2.65. The Balaban J connectivity index is 2.36. The highest BCUT2D eigenvalue weighted by atomic mass is 16.5. The second-order valence-corrected chi connectivity index (χ2v) is 6.35. The van der Waals surface area contributed by atoms with Gasteiger partial charge in [0.15, 0.2) is 0 Å². The third kappa shape index (κ3) is 8.59. The highest BCUT2D eigenvalue weighted by Crippen LogP contribution is 2.25. The molecule has 0 aliphatic heterocycles. The van der Waals surface area contributed by atoms with Crippen molar-refractivity contribution in [3.63, 3.8) is 0 Å². The number of benzene rings is 1. The fourth-order valence-corrected chi connectivity index (χ4v) is 2.65. The Morgan fingerprint density at radius 1 is 1.00 bits per heavy atom. The molecule has 0 aromatic heterocycles. The molecular weight excluding hydrogens is 284 g/mol. The van der Waals surface area contributed by atoms with Gasteiger partial charge in [0.1, 0.15) is 6.10 Å². The molecule has 0 aliphatic carbocycles. The minimum atomic E-state index is -0.293. The zero-order valence-corrected chi connectivity index (χ0v) is 14.9. The van der Waals surface area contributed by atoms with Gasteiger partial charge in [-0.2, -0.15) is 0 Å². The average molecular weight is 316 g/mol. The molecule has 0 heterocycles. The summed E-state index contributed by atoms with van der Waals surface area (Å²) in [6.07, 6.45) is 11.0. The van der Waals surface area contributed by atoms with E-state index in [4.69, 9.17) is 4.74 Å². The maximum Gasteiger partial charge on any atom is 0.333 e. The van der Waals surface area contributed by atoms with Crippen molar-refractivity contribution >= 4 is 5.97 Å². The summed E-state index contributed by atoms with van der Waals surface area (Å²) < 4.78 is 5.62. The Morgan fingerprint density at radius 2 is 1.57 bits per heavy atom. The monoisotopic (exact) mass is 316 g/mol. The smallest absolute Gasteiger partial charge is 0.333 e. The molecule has 0 saturated heterocycles. The Bertz CT molecular complexity index is 450. The lowest BCUT2D eigenvalue weighted by Crippen LogP contribution is -2.12. The number of rotatable bonds is 12. The van der Waals surface area contributed by atoms with Crippen LogP contribution < -0.4 is 0 Å². The largest absolute Gasteiger partial charge is 0.454 e. The van der Waals surface area contributed by atoms with E-state index < -0.39 is 0 Å². The molecule has 0 N–H and O–H groups in total. The molecule has 1 atom stereocenters. The lowest BCUT2D eigenvalue weighted by Gasteiger charge is -2.18. The van der Waals surface area contributed by atoms with E-state index in [-0.39, 0.29) is 12.1 Å². The van der Waals surface area contributed by atoms with Crippen LogP contribution in [0, 0.1) is 0 Å². The highest BCUT2D eigenvalue weighted by molar-refractivity contribution is 5.87. The predicted octanol–water partition coefficient (Wildman–Crippen LogP) is 6.38. The SMILES string of the molecule is C=C(C)C(=O)OC(CCCCCCCCCC)c1ccccc1. The summed E-state index contributed by atoms with van der Waals surface area (Å²) in [4.78, 5) is 11.8. The zero-order valence-electron chi connectivity index (χ0n) is 14.9. The van der Waals surface area contributed by atoms with Crippen LogP contribution in [0.25, 0.3) is 0 Å². The van der Waals surface area contributed by atoms with Gasteiger partial charge in [0.2, 0.25) is 0 Å². The van der Waals surface area contributed by atoms with E-state index >= 15 is 0 Å². The average Bonchev–Trinajstić information content (AvgIpc) is 2.56. The van der Waals surface area contributed by atoms with Crippen LogP contribution >= 0.6 is 0 Å². The number of unbranched alkanes of at least 4 members (excludes halogenated alkanes) is 7. The summed E-state index contributed by atoms with van der Waals surface area (Å²) in [5, 5.41) is 0. The number of hydrogen-bond donors (Lipinski definition) is 0. The number of hydrogen-bond acceptors (Lipinski definition) is 2. The van der Waals surface area contributed by atoms with Gasteiger partial charge in [0.05, 0.1) is 0 Å². The Morgan fingerprint density at radius 3 is 2.13 bits per heavy atom. The van der Waals surface area contributed by atoms with E-state index in [0.717, 1.165) is 18.4 Å². The van der Waals surface area contributed by atoms with Crippen molar-refractivity contribution in [2.45, 2.75) is 77.7 Å². The van der Waals surface area contributed by atoms with Crippen molar-refractivity contribution in [1.82, 2.24) is 0 Å². The second-order valence-electron chi connectivity index (χ2n) is 6.35. The summed E-state index contributed by atoms with van der Waals surface area (Å²) in [6, 6.07) is 10.0. The van der Waals surface area contributed by atoms with E-state index in [1.807, 2.05) is 30.3 Å². The lowest BCUT2D eigenvalue weighted by molar-refractivity contribution is -0.145. The maximum atomic E-state index is 11.8. The first kappa shape index (κ1) is 19.5. The highest BCUT2D eigenvalue weighted by Gasteiger charge is 2.16. The lowest BCUT2D eigenvalue weighted by atomic mass is 10.0. The van der Waals surface area contributed by atoms with Crippen LogP contribution in [0.5, 0.6) is 0 Å². The van der Waals surface area contributed by atoms with E-state index in [0.29, 0.717) is 5.57 Å². The number of ether oxygens (including phenoxy) is 1. The molecule has 1 rings (SSSR count). The van der Waals surface area contributed by atoms with Crippen molar-refractivity contribution in [3.05, 3.63) is 48.0 Å². The molecule has 0 aliphatic rings. The molecule has 0 spiro atoms. The normalized spacial score (nSPS) is 11.9. The van der Waals surface area contributed by atoms with Crippen molar-refractivity contribution in [1.29, 1.82) is 0 Å². The summed E-state index contributed by atoms with van der Waals surface area (Å²) in [6.45, 7) is 7.61. The first-order valence-corrected chi connectivity index (χ1v) is 9.06. The molecule has 0 fully saturated rings. The van der Waals surface area contributed by atoms with E-state index in [1.165, 1.54) is 44.9 Å². The van der Waals surface area contributed by atoms with Crippen LogP contribution in [-0.2, 0) is 9.53 Å². The van der Waals surface area contributed by atoms with Crippen LogP contribution in [0.1, 0.15) is 83.3 Å². The molecular formula is C21H32O2. The predicted molar refractivity (Wildman–Crippen MR) is 97.3 cm³/mol. The van der Waals surface area contributed by atoms with Gasteiger partial charge in [-0.05, 0) is 25.3 Å². The van der Waals surface area contributed by atoms with Crippen molar-refractivity contribution in [3.8, 4) is 0 Å². The van der Waals surface area contributed by atoms with Gasteiger partial charge in [0, 0.05) is 5.57 Å². The van der Waals surface area contributed by atoms with E-state index in [2.05, 4.69) is 13.5 Å². The second kappa shape index (κ2) is 11.9. The fraction of sp³-hybridized carbons (Fsp3) is 0.571. The minimum absolute atomic E-state index is 0.152. The van der Waals surface area contributed by atoms with Crippen LogP contribution in [0.15, 0.2) is 42.5 Å². The molecule has 0 saturated carbocycles. The summed E-state index contributed by atoms with van der Waals surface area (Å²) in [5.74, 6) is -0.293. The van der Waals surface area contributed by atoms with E-state index in [1.54, 1.807) is 6.92 Å². The summed E-state index contributed by atoms with van der Waals surface area (Å²) >= 11 is 0. The van der Waals surface area contributed by atoms with Crippen molar-refractivity contribution < 1.29 is 9.53 Å². The van der Waals surface area contributed by atoms with Crippen LogP contribution in [0.2, 0.25) is 0 Å². The molecule has 23 heavy (non-hydrogen) atoms. The first-order valence-electron chi connectivity index (χ1n) is 9.06. The van der Waals surface area contributed by atoms with Gasteiger partial charge in [-0.1, -0.05) is 88.8 Å². The molecule has 1 aromatic carbocycles. The van der Waals surface area contributed by atoms with Crippen molar-refractivity contribution in [2.24, 2.45) is 0 Å². The maximum absolute atomic E-state index is 11.8. The Kier molecular flexibility index (Phi) is 10.1. The molecule has 0 amide bonds. The minimum Gasteiger partial charge on any atom is -0.454 e. The van der Waals surface area contributed by atoms with Gasteiger partial charge in [-0.3, -0.25) is 0 Å². The molecule has 2 nitrogen and oxygen atoms in total. The van der Waals surface area contributed by atoms with Crippen molar-refractivity contribution in [2.75, 3.05) is 0 Å². The molecule has 1 unspecified atom stereocenters. The quantitative estimate of drug-likeness (QED) is 0.254. The van der Waals surface area contributed by atoms with Gasteiger partial charge in [0.25, 0.3) is 0 Å². The van der Waals surface area contributed by atoms with Gasteiger partial charge >= 0.3 is 5.97 Å². The van der Waals surface area contributed by atoms with Crippen LogP contribution in [-0.4, -0.2) is 5.97 Å². The van der Waals surface area contributed by atoms with Crippen LogP contribution in [0.3, 0.4) is 0 Å². The summed E-state index contributed by atoms with van der Waals surface area (Å²) in [7, 11) is 0. The van der Waals surface area contributed by atoms with Gasteiger partial charge in [-0.25, -0.2) is 4.79 Å². The standard InChI is InChI=1S/C21H32O2/c1-4-5-6-7-8-9-10-14-17-20(23-21(22)18(2)3)19-15-12-11-13-16-19/h11-13,15-16,20H,2,4-10,14,17H2,1,3H3. The first-order chi connectivity index (χ1) is 11.1. The molecule has 2 heteroatoms. The molecule has 0 radical (unpaired) electrons. The molecule has 1 aromatic rings. The third-order valence-corrected chi connectivity index (χ3v) is 4.09. The molecule has 128 valence electrons. The van der Waals surface area contributed by atoms with Gasteiger partial charge < -0.3 is 4.74 Å². The zero-order chi connectivity index (χ0) is 16.9.